The molecular weight excluding hydrogens is 356 g/mol. The molecule has 0 amide bonds. The zero-order valence-electron chi connectivity index (χ0n) is 16.3. The van der Waals surface area contributed by atoms with Crippen LogP contribution in [-0.4, -0.2) is 10.4 Å². The molecule has 27 heavy (non-hydrogen) atoms. The highest BCUT2D eigenvalue weighted by molar-refractivity contribution is 8.00. The van der Waals surface area contributed by atoms with Crippen LogP contribution in [0.1, 0.15) is 75.8 Å². The molecule has 0 radical (unpaired) electrons. The van der Waals surface area contributed by atoms with Gasteiger partial charge in [-0.1, -0.05) is 51.9 Å². The Morgan fingerprint density at radius 1 is 1.19 bits per heavy atom. The Hall–Kier alpha value is -1.42. The molecule has 1 aliphatic heterocycles. The molecule has 1 fully saturated rings. The molecular formula is C23H30O3S. The van der Waals surface area contributed by atoms with Gasteiger partial charge in [-0.2, -0.15) is 0 Å². The predicted molar refractivity (Wildman–Crippen MR) is 112 cm³/mol. The van der Waals surface area contributed by atoms with Crippen LogP contribution in [0.3, 0.4) is 0 Å². The summed E-state index contributed by atoms with van der Waals surface area (Å²) in [4.78, 5) is 13.2. The van der Waals surface area contributed by atoms with E-state index in [9.17, 15) is 9.90 Å². The molecule has 1 aliphatic carbocycles. The lowest BCUT2D eigenvalue weighted by Crippen LogP contribution is -2.06. The number of aromatic hydroxyl groups is 1. The number of fused-ring (bicyclic) bond motifs is 3. The van der Waals surface area contributed by atoms with Crippen molar-refractivity contribution in [2.24, 2.45) is 5.92 Å². The molecule has 1 N–H and O–H groups in total. The maximum absolute atomic E-state index is 12.4. The summed E-state index contributed by atoms with van der Waals surface area (Å²) in [6.45, 7) is 2.17. The first-order chi connectivity index (χ1) is 13.2. The first-order valence-corrected chi connectivity index (χ1v) is 11.5. The van der Waals surface area contributed by atoms with E-state index in [0.717, 1.165) is 54.5 Å². The summed E-state index contributed by atoms with van der Waals surface area (Å²) < 4.78 is 5.61. The van der Waals surface area contributed by atoms with Crippen molar-refractivity contribution >= 4 is 22.7 Å². The lowest BCUT2D eigenvalue weighted by molar-refractivity contribution is 0.332. The van der Waals surface area contributed by atoms with Crippen LogP contribution in [0.5, 0.6) is 5.75 Å². The van der Waals surface area contributed by atoms with Crippen molar-refractivity contribution in [1.82, 2.24) is 0 Å². The molecule has 1 saturated carbocycles. The van der Waals surface area contributed by atoms with Gasteiger partial charge in [0.2, 0.25) is 0 Å². The molecule has 2 heterocycles. The quantitative estimate of drug-likeness (QED) is 0.599. The minimum Gasteiger partial charge on any atom is -0.507 e. The van der Waals surface area contributed by atoms with Gasteiger partial charge in [0.25, 0.3) is 0 Å². The Morgan fingerprint density at radius 3 is 2.78 bits per heavy atom. The Morgan fingerprint density at radius 2 is 2.00 bits per heavy atom. The van der Waals surface area contributed by atoms with Crippen molar-refractivity contribution in [2.75, 3.05) is 0 Å². The van der Waals surface area contributed by atoms with Crippen LogP contribution in [0, 0.1) is 5.92 Å². The molecule has 0 spiro atoms. The van der Waals surface area contributed by atoms with Gasteiger partial charge in [0, 0.05) is 5.25 Å². The Bertz CT molecular complexity index is 864. The average Bonchev–Trinajstić information content (AvgIpc) is 3.07. The number of hydrogen-bond acceptors (Lipinski definition) is 4. The van der Waals surface area contributed by atoms with E-state index in [1.165, 1.54) is 38.5 Å². The van der Waals surface area contributed by atoms with E-state index in [1.807, 2.05) is 12.1 Å². The lowest BCUT2D eigenvalue weighted by Gasteiger charge is -2.21. The molecule has 3 nitrogen and oxygen atoms in total. The summed E-state index contributed by atoms with van der Waals surface area (Å²) in [6.07, 6.45) is 13.3. The highest BCUT2D eigenvalue weighted by Crippen LogP contribution is 2.43. The Kier molecular flexibility index (Phi) is 5.82. The number of thioether (sulfide) groups is 1. The Balaban J connectivity index is 1.54. The minimum atomic E-state index is -0.236. The highest BCUT2D eigenvalue weighted by atomic mass is 32.2. The topological polar surface area (TPSA) is 50.4 Å². The summed E-state index contributed by atoms with van der Waals surface area (Å²) in [5.41, 5.74) is 2.40. The van der Waals surface area contributed by atoms with E-state index in [4.69, 9.17) is 4.42 Å². The second kappa shape index (κ2) is 8.30. The van der Waals surface area contributed by atoms with Gasteiger partial charge in [0.05, 0.1) is 10.3 Å². The fourth-order valence-electron chi connectivity index (χ4n) is 4.87. The third kappa shape index (κ3) is 4.06. The first kappa shape index (κ1) is 18.9. The fourth-order valence-corrected chi connectivity index (χ4v) is 6.27. The van der Waals surface area contributed by atoms with Gasteiger partial charge in [0.1, 0.15) is 11.3 Å². The maximum atomic E-state index is 12.4. The zero-order chi connectivity index (χ0) is 18.8. The molecule has 1 unspecified atom stereocenters. The van der Waals surface area contributed by atoms with Gasteiger partial charge < -0.3 is 9.52 Å². The maximum Gasteiger partial charge on any atom is 0.350 e. The van der Waals surface area contributed by atoms with Crippen LogP contribution in [0.2, 0.25) is 0 Å². The second-order valence-corrected chi connectivity index (χ2v) is 9.62. The molecule has 2 aromatic rings. The number of rotatable bonds is 6. The second-order valence-electron chi connectivity index (χ2n) is 8.31. The lowest BCUT2D eigenvalue weighted by atomic mass is 9.85. The van der Waals surface area contributed by atoms with E-state index in [1.54, 1.807) is 11.8 Å². The molecule has 1 atom stereocenters. The SMILES string of the molecule is CCCC1Cc2c(c(=O)oc3cc(CCCC4CCCCC4)cc(O)c23)S1. The average molecular weight is 387 g/mol. The number of phenols is 1. The normalized spacial score (nSPS) is 20.3. The van der Waals surface area contributed by atoms with Gasteiger partial charge >= 0.3 is 5.63 Å². The van der Waals surface area contributed by atoms with Crippen molar-refractivity contribution in [3.63, 3.8) is 0 Å². The van der Waals surface area contributed by atoms with Crippen molar-refractivity contribution < 1.29 is 9.52 Å². The molecule has 2 aliphatic rings. The molecule has 146 valence electrons. The van der Waals surface area contributed by atoms with Gasteiger partial charge in [-0.15, -0.1) is 11.8 Å². The highest BCUT2D eigenvalue weighted by Gasteiger charge is 2.29. The number of aryl methyl sites for hydroxylation is 1. The predicted octanol–water partition coefficient (Wildman–Crippen LogP) is 6.22. The third-order valence-electron chi connectivity index (χ3n) is 6.23. The van der Waals surface area contributed by atoms with Crippen molar-refractivity contribution in [2.45, 2.75) is 87.7 Å². The summed E-state index contributed by atoms with van der Waals surface area (Å²) in [7, 11) is 0. The Labute approximate surface area is 165 Å². The monoisotopic (exact) mass is 386 g/mol. The fraction of sp³-hybridized carbons (Fsp3) is 0.609. The van der Waals surface area contributed by atoms with Crippen molar-refractivity contribution in [3.8, 4) is 5.75 Å². The van der Waals surface area contributed by atoms with Gasteiger partial charge in [-0.25, -0.2) is 4.79 Å². The molecule has 0 saturated heterocycles. The molecule has 4 rings (SSSR count). The summed E-state index contributed by atoms with van der Waals surface area (Å²) in [6, 6.07) is 3.87. The zero-order valence-corrected chi connectivity index (χ0v) is 17.1. The van der Waals surface area contributed by atoms with E-state index >= 15 is 0 Å². The van der Waals surface area contributed by atoms with Crippen LogP contribution in [0.15, 0.2) is 26.2 Å². The van der Waals surface area contributed by atoms with Crippen LogP contribution in [-0.2, 0) is 12.8 Å². The number of phenolic OH excluding ortho intramolecular Hbond substituents is 1. The summed E-state index contributed by atoms with van der Waals surface area (Å²) in [5, 5.41) is 11.9. The molecule has 0 bridgehead atoms. The molecule has 4 heteroatoms. The van der Waals surface area contributed by atoms with Gasteiger partial charge in [0.15, 0.2) is 0 Å². The van der Waals surface area contributed by atoms with Crippen molar-refractivity contribution in [3.05, 3.63) is 33.7 Å². The number of benzene rings is 1. The van der Waals surface area contributed by atoms with Crippen LogP contribution in [0.4, 0.5) is 0 Å². The summed E-state index contributed by atoms with van der Waals surface area (Å²) in [5.74, 6) is 1.15. The molecule has 1 aromatic carbocycles. The summed E-state index contributed by atoms with van der Waals surface area (Å²) >= 11 is 1.63. The first-order valence-electron chi connectivity index (χ1n) is 10.6. The number of hydrogen-bond donors (Lipinski definition) is 1. The van der Waals surface area contributed by atoms with E-state index in [-0.39, 0.29) is 11.4 Å². The standard InChI is InChI=1S/C23H30O3S/c1-2-7-17-14-18-21-19(24)12-16(11-6-10-15-8-4-3-5-9-15)13-20(21)26-23(25)22(18)27-17/h12-13,15,17,24H,2-11,14H2,1H3. The largest absolute Gasteiger partial charge is 0.507 e. The third-order valence-corrected chi connectivity index (χ3v) is 7.62. The van der Waals surface area contributed by atoms with Crippen LogP contribution >= 0.6 is 11.8 Å². The van der Waals surface area contributed by atoms with Crippen LogP contribution < -0.4 is 5.63 Å². The minimum absolute atomic E-state index is 0.236. The molecule has 1 aromatic heterocycles. The van der Waals surface area contributed by atoms with Gasteiger partial charge in [-0.05, 0) is 54.9 Å². The smallest absolute Gasteiger partial charge is 0.350 e. The van der Waals surface area contributed by atoms with Gasteiger partial charge in [-0.3, -0.25) is 0 Å². The van der Waals surface area contributed by atoms with E-state index in [0.29, 0.717) is 15.7 Å². The van der Waals surface area contributed by atoms with E-state index < -0.39 is 0 Å². The van der Waals surface area contributed by atoms with Crippen LogP contribution in [0.25, 0.3) is 11.0 Å². The van der Waals surface area contributed by atoms with E-state index in [2.05, 4.69) is 6.92 Å². The van der Waals surface area contributed by atoms with Crippen molar-refractivity contribution in [1.29, 1.82) is 0 Å².